The number of nitrogens with two attached hydrogens (primary N) is 1. The lowest BCUT2D eigenvalue weighted by atomic mass is 10.0. The predicted molar refractivity (Wildman–Crippen MR) is 85.8 cm³/mol. The molecule has 0 saturated heterocycles. The van der Waals surface area contributed by atoms with E-state index in [0.717, 1.165) is 6.42 Å². The van der Waals surface area contributed by atoms with Crippen LogP contribution in [-0.2, 0) is 9.59 Å². The molecular formula is C16H23N3O3. The fraction of sp³-hybridized carbons (Fsp3) is 0.500. The summed E-state index contributed by atoms with van der Waals surface area (Å²) in [5.41, 5.74) is 5.83. The van der Waals surface area contributed by atoms with Crippen LogP contribution in [0.2, 0.25) is 0 Å². The summed E-state index contributed by atoms with van der Waals surface area (Å²) in [6.07, 6.45) is 0.826. The number of rotatable bonds is 4. The molecule has 120 valence electrons. The number of carbonyl (C=O) groups is 2. The van der Waals surface area contributed by atoms with Crippen molar-refractivity contribution in [1.29, 1.82) is 0 Å². The zero-order chi connectivity index (χ0) is 16.5. The molecule has 1 aliphatic heterocycles. The first-order valence-corrected chi connectivity index (χ1v) is 7.45. The number of hydrogen-bond acceptors (Lipinski definition) is 4. The maximum atomic E-state index is 12.6. The lowest BCUT2D eigenvalue weighted by Crippen LogP contribution is -2.55. The average molecular weight is 305 g/mol. The van der Waals surface area contributed by atoms with Gasteiger partial charge in [0.1, 0.15) is 18.0 Å². The van der Waals surface area contributed by atoms with Crippen molar-refractivity contribution in [3.05, 3.63) is 18.2 Å². The molecule has 6 nitrogen and oxygen atoms in total. The minimum Gasteiger partial charge on any atom is -0.476 e. The SMILES string of the molecule is CCC(C)NC(=O)CN1C(=O)C(C)(C)Oc2cccc(N)c21. The first kappa shape index (κ1) is 16.1. The molecule has 22 heavy (non-hydrogen) atoms. The quantitative estimate of drug-likeness (QED) is 0.829. The van der Waals surface area contributed by atoms with Gasteiger partial charge in [0.25, 0.3) is 5.91 Å². The van der Waals surface area contributed by atoms with Crippen molar-refractivity contribution in [2.45, 2.75) is 45.8 Å². The van der Waals surface area contributed by atoms with E-state index in [2.05, 4.69) is 5.32 Å². The Morgan fingerprint density at radius 3 is 2.77 bits per heavy atom. The molecule has 0 fully saturated rings. The molecule has 0 radical (unpaired) electrons. The Kier molecular flexibility index (Phi) is 4.30. The van der Waals surface area contributed by atoms with Gasteiger partial charge in [-0.1, -0.05) is 13.0 Å². The van der Waals surface area contributed by atoms with Crippen molar-refractivity contribution >= 4 is 23.2 Å². The van der Waals surface area contributed by atoms with Crippen molar-refractivity contribution < 1.29 is 14.3 Å². The second kappa shape index (κ2) is 5.87. The van der Waals surface area contributed by atoms with Gasteiger partial charge >= 0.3 is 0 Å². The van der Waals surface area contributed by atoms with Gasteiger partial charge in [-0.05, 0) is 39.3 Å². The van der Waals surface area contributed by atoms with E-state index in [9.17, 15) is 9.59 Å². The number of para-hydroxylation sites is 1. The predicted octanol–water partition coefficient (Wildman–Crippen LogP) is 1.69. The van der Waals surface area contributed by atoms with Gasteiger partial charge in [-0.2, -0.15) is 0 Å². The van der Waals surface area contributed by atoms with E-state index >= 15 is 0 Å². The number of fused-ring (bicyclic) bond motifs is 1. The molecule has 1 aromatic carbocycles. The van der Waals surface area contributed by atoms with Crippen molar-refractivity contribution in [2.24, 2.45) is 0 Å². The molecule has 0 aromatic heterocycles. The molecule has 6 heteroatoms. The molecule has 0 spiro atoms. The molecule has 1 aromatic rings. The molecular weight excluding hydrogens is 282 g/mol. The highest BCUT2D eigenvalue weighted by molar-refractivity contribution is 6.08. The van der Waals surface area contributed by atoms with Crippen LogP contribution >= 0.6 is 0 Å². The van der Waals surface area contributed by atoms with Crippen LogP contribution in [0.5, 0.6) is 5.75 Å². The summed E-state index contributed by atoms with van der Waals surface area (Å²) >= 11 is 0. The monoisotopic (exact) mass is 305 g/mol. The number of ether oxygens (including phenoxy) is 1. The Hall–Kier alpha value is -2.24. The van der Waals surface area contributed by atoms with E-state index in [0.29, 0.717) is 17.1 Å². The summed E-state index contributed by atoms with van der Waals surface area (Å²) in [4.78, 5) is 26.2. The van der Waals surface area contributed by atoms with Crippen molar-refractivity contribution in [2.75, 3.05) is 17.2 Å². The number of carbonyl (C=O) groups excluding carboxylic acids is 2. The maximum absolute atomic E-state index is 12.6. The highest BCUT2D eigenvalue weighted by Crippen LogP contribution is 2.41. The molecule has 1 aliphatic rings. The number of nitrogens with zero attached hydrogens (tertiary/aromatic N) is 1. The Balaban J connectivity index is 2.33. The molecule has 0 bridgehead atoms. The highest BCUT2D eigenvalue weighted by atomic mass is 16.5. The summed E-state index contributed by atoms with van der Waals surface area (Å²) in [5.74, 6) is 0.0211. The van der Waals surface area contributed by atoms with Crippen LogP contribution in [-0.4, -0.2) is 30.0 Å². The molecule has 1 unspecified atom stereocenters. The standard InChI is InChI=1S/C16H23N3O3/c1-5-10(2)18-13(20)9-19-14-11(17)7-6-8-12(14)22-16(3,4)15(19)21/h6-8,10H,5,9,17H2,1-4H3,(H,18,20). The summed E-state index contributed by atoms with van der Waals surface area (Å²) < 4.78 is 5.72. The van der Waals surface area contributed by atoms with E-state index in [4.69, 9.17) is 10.5 Å². The van der Waals surface area contributed by atoms with E-state index < -0.39 is 5.60 Å². The van der Waals surface area contributed by atoms with Gasteiger partial charge in [0, 0.05) is 6.04 Å². The molecule has 2 amide bonds. The highest BCUT2D eigenvalue weighted by Gasteiger charge is 2.42. The van der Waals surface area contributed by atoms with E-state index in [1.807, 2.05) is 13.8 Å². The van der Waals surface area contributed by atoms with Crippen LogP contribution in [0.15, 0.2) is 18.2 Å². The lowest BCUT2D eigenvalue weighted by Gasteiger charge is -2.39. The number of anilines is 2. The maximum Gasteiger partial charge on any atom is 0.271 e. The van der Waals surface area contributed by atoms with Crippen LogP contribution in [0.1, 0.15) is 34.1 Å². The number of amides is 2. The number of benzene rings is 1. The van der Waals surface area contributed by atoms with Gasteiger partial charge in [-0.3, -0.25) is 14.5 Å². The van der Waals surface area contributed by atoms with E-state index in [1.54, 1.807) is 32.0 Å². The molecule has 0 saturated carbocycles. The minimum atomic E-state index is -1.03. The Bertz CT molecular complexity index is 598. The minimum absolute atomic E-state index is 0.0595. The van der Waals surface area contributed by atoms with Crippen molar-refractivity contribution in [1.82, 2.24) is 5.32 Å². The van der Waals surface area contributed by atoms with Crippen molar-refractivity contribution in [3.8, 4) is 5.75 Å². The van der Waals surface area contributed by atoms with Crippen LogP contribution in [0.4, 0.5) is 11.4 Å². The lowest BCUT2D eigenvalue weighted by molar-refractivity contribution is -0.134. The van der Waals surface area contributed by atoms with Gasteiger partial charge in [-0.15, -0.1) is 0 Å². The Morgan fingerprint density at radius 1 is 1.45 bits per heavy atom. The summed E-state index contributed by atoms with van der Waals surface area (Å²) in [5, 5.41) is 2.86. The fourth-order valence-electron chi connectivity index (χ4n) is 2.37. The zero-order valence-corrected chi connectivity index (χ0v) is 13.5. The third kappa shape index (κ3) is 3.00. The first-order valence-electron chi connectivity index (χ1n) is 7.45. The Labute approximate surface area is 130 Å². The normalized spacial score (nSPS) is 17.5. The van der Waals surface area contributed by atoms with Gasteiger partial charge in [0.15, 0.2) is 5.60 Å². The van der Waals surface area contributed by atoms with Gasteiger partial charge in [-0.25, -0.2) is 0 Å². The number of nitrogen functional groups attached to an aromatic ring is 1. The number of nitrogens with one attached hydrogen (secondary N) is 1. The smallest absolute Gasteiger partial charge is 0.271 e. The van der Waals surface area contributed by atoms with Gasteiger partial charge in [0.05, 0.1) is 5.69 Å². The zero-order valence-electron chi connectivity index (χ0n) is 13.5. The van der Waals surface area contributed by atoms with E-state index in [-0.39, 0.29) is 24.4 Å². The molecule has 0 aliphatic carbocycles. The summed E-state index contributed by atoms with van der Waals surface area (Å²) in [6.45, 7) is 7.20. The fourth-order valence-corrected chi connectivity index (χ4v) is 2.37. The van der Waals surface area contributed by atoms with E-state index in [1.165, 1.54) is 4.90 Å². The van der Waals surface area contributed by atoms with Gasteiger partial charge < -0.3 is 15.8 Å². The molecule has 1 atom stereocenters. The third-order valence-electron chi connectivity index (χ3n) is 3.75. The average Bonchev–Trinajstić information content (AvgIpc) is 2.43. The number of hydrogen-bond donors (Lipinski definition) is 2. The second-order valence-electron chi connectivity index (χ2n) is 6.07. The summed E-state index contributed by atoms with van der Waals surface area (Å²) in [7, 11) is 0. The second-order valence-corrected chi connectivity index (χ2v) is 6.07. The van der Waals surface area contributed by atoms with Gasteiger partial charge in [0.2, 0.25) is 5.91 Å². The van der Waals surface area contributed by atoms with Crippen LogP contribution < -0.4 is 20.7 Å². The largest absolute Gasteiger partial charge is 0.476 e. The van der Waals surface area contributed by atoms with Crippen LogP contribution in [0.25, 0.3) is 0 Å². The summed E-state index contributed by atoms with van der Waals surface area (Å²) in [6, 6.07) is 5.26. The molecule has 1 heterocycles. The van der Waals surface area contributed by atoms with Crippen LogP contribution in [0, 0.1) is 0 Å². The first-order chi connectivity index (χ1) is 10.3. The Morgan fingerprint density at radius 2 is 2.14 bits per heavy atom. The topological polar surface area (TPSA) is 84.7 Å². The molecule has 3 N–H and O–H groups in total. The third-order valence-corrected chi connectivity index (χ3v) is 3.75. The van der Waals surface area contributed by atoms with Crippen molar-refractivity contribution in [3.63, 3.8) is 0 Å². The van der Waals surface area contributed by atoms with Crippen LogP contribution in [0.3, 0.4) is 0 Å². The molecule has 2 rings (SSSR count).